The summed E-state index contributed by atoms with van der Waals surface area (Å²) in [7, 11) is 0. The zero-order valence-corrected chi connectivity index (χ0v) is 7.71. The first-order valence-corrected chi connectivity index (χ1v) is 4.74. The fraction of sp³-hybridized carbons (Fsp3) is 0.429. The summed E-state index contributed by atoms with van der Waals surface area (Å²) in [5, 5.41) is 17.7. The van der Waals surface area contributed by atoms with E-state index in [-0.39, 0.29) is 0 Å². The highest BCUT2D eigenvalue weighted by Crippen LogP contribution is 2.26. The van der Waals surface area contributed by atoms with Gasteiger partial charge in [0.1, 0.15) is 11.2 Å². The summed E-state index contributed by atoms with van der Waals surface area (Å²) in [5.74, 6) is 0.595. The molecule has 1 saturated heterocycles. The van der Waals surface area contributed by atoms with E-state index in [4.69, 9.17) is 11.0 Å². The van der Waals surface area contributed by atoms with Crippen LogP contribution in [0.1, 0.15) is 6.04 Å². The van der Waals surface area contributed by atoms with E-state index in [1.807, 2.05) is 5.40 Å². The fourth-order valence-electron chi connectivity index (χ4n) is 1.22. The van der Waals surface area contributed by atoms with E-state index >= 15 is 0 Å². The van der Waals surface area contributed by atoms with Crippen molar-refractivity contribution < 1.29 is 0 Å². The molecule has 0 atom stereocenters. The minimum atomic E-state index is 0.355. The number of rotatable bonds is 2. The molecule has 1 aliphatic rings. The van der Waals surface area contributed by atoms with Gasteiger partial charge in [0.05, 0.1) is 17.1 Å². The van der Waals surface area contributed by atoms with Crippen LogP contribution in [0.15, 0.2) is 11.1 Å². The number of nitrogens with two attached hydrogens (primary N) is 1. The van der Waals surface area contributed by atoms with Gasteiger partial charge in [0.2, 0.25) is 0 Å². The van der Waals surface area contributed by atoms with Crippen LogP contribution >= 0.6 is 11.8 Å². The molecule has 3 N–H and O–H groups in total. The van der Waals surface area contributed by atoms with Crippen molar-refractivity contribution in [2.24, 2.45) is 0 Å². The van der Waals surface area contributed by atoms with Gasteiger partial charge in [-0.25, -0.2) is 4.68 Å². The van der Waals surface area contributed by atoms with Gasteiger partial charge < -0.3 is 11.1 Å². The van der Waals surface area contributed by atoms with Crippen LogP contribution in [-0.4, -0.2) is 22.9 Å². The van der Waals surface area contributed by atoms with E-state index in [0.717, 1.165) is 29.7 Å². The second-order valence-corrected chi connectivity index (χ2v) is 3.67. The topological polar surface area (TPSA) is 79.7 Å². The third kappa shape index (κ3) is 1.36. The smallest absolute Gasteiger partial charge is 0.138 e. The maximum atomic E-state index is 8.47. The van der Waals surface area contributed by atoms with Crippen LogP contribution in [0.2, 0.25) is 0 Å². The third-order valence-corrected chi connectivity index (χ3v) is 2.69. The van der Waals surface area contributed by atoms with Gasteiger partial charge >= 0.3 is 0 Å². The van der Waals surface area contributed by atoms with Crippen LogP contribution in [0.3, 0.4) is 0 Å². The molecule has 0 amide bonds. The van der Waals surface area contributed by atoms with Crippen LogP contribution < -0.4 is 11.1 Å². The van der Waals surface area contributed by atoms with Crippen molar-refractivity contribution in [2.75, 3.05) is 18.8 Å². The predicted octanol–water partition coefficient (Wildman–Crippen LogP) is 0.183. The van der Waals surface area contributed by atoms with E-state index in [9.17, 15) is 0 Å². The lowest BCUT2D eigenvalue weighted by Gasteiger charge is -2.28. The minimum absolute atomic E-state index is 0.355. The molecule has 0 bridgehead atoms. The summed E-state index contributed by atoms with van der Waals surface area (Å²) in [6.45, 7) is 1.81. The summed E-state index contributed by atoms with van der Waals surface area (Å²) in [5.41, 5.74) is 5.80. The van der Waals surface area contributed by atoms with Crippen molar-refractivity contribution in [3.8, 4) is 5.40 Å². The van der Waals surface area contributed by atoms with Crippen molar-refractivity contribution >= 4 is 17.6 Å². The Hall–Kier alpha value is -1.19. The van der Waals surface area contributed by atoms with E-state index in [1.165, 1.54) is 0 Å². The predicted molar refractivity (Wildman–Crippen MR) is 50.0 cm³/mol. The standard InChI is InChI=1S/C7H9N5S/c8-4-13-6-3-11-12(7(6)9)5-1-10-2-5/h3,5,10H,1-2,9H2. The van der Waals surface area contributed by atoms with E-state index in [0.29, 0.717) is 11.9 Å². The summed E-state index contributed by atoms with van der Waals surface area (Å²) in [6.07, 6.45) is 1.64. The molecule has 1 fully saturated rings. The minimum Gasteiger partial charge on any atom is -0.383 e. The maximum Gasteiger partial charge on any atom is 0.138 e. The first-order valence-electron chi connectivity index (χ1n) is 3.92. The second kappa shape index (κ2) is 3.28. The SMILES string of the molecule is N#CSc1cnn(C2CNC2)c1N. The quantitative estimate of drug-likeness (QED) is 0.520. The Balaban J connectivity index is 2.22. The molecule has 2 rings (SSSR count). The Bertz CT molecular complexity index is 348. The molecule has 1 aromatic heterocycles. The number of nitriles is 1. The molecule has 6 heteroatoms. The average molecular weight is 195 g/mol. The first kappa shape index (κ1) is 8.41. The summed E-state index contributed by atoms with van der Waals surface area (Å²) < 4.78 is 1.77. The molecular formula is C7H9N5S. The molecule has 0 radical (unpaired) electrons. The maximum absolute atomic E-state index is 8.47. The summed E-state index contributed by atoms with van der Waals surface area (Å²) in [4.78, 5) is 0.745. The van der Waals surface area contributed by atoms with Crippen molar-refractivity contribution in [1.29, 1.82) is 5.26 Å². The molecule has 13 heavy (non-hydrogen) atoms. The van der Waals surface area contributed by atoms with Gasteiger partial charge in [-0.2, -0.15) is 10.4 Å². The number of nitrogens with one attached hydrogen (secondary N) is 1. The lowest BCUT2D eigenvalue weighted by molar-refractivity contribution is 0.322. The third-order valence-electron chi connectivity index (χ3n) is 2.06. The molecule has 0 spiro atoms. The molecule has 0 unspecified atom stereocenters. The molecule has 1 aromatic rings. The normalized spacial score (nSPS) is 16.5. The molecule has 5 nitrogen and oxygen atoms in total. The van der Waals surface area contributed by atoms with Gasteiger partial charge in [-0.15, -0.1) is 0 Å². The van der Waals surface area contributed by atoms with Crippen LogP contribution in [0, 0.1) is 10.7 Å². The van der Waals surface area contributed by atoms with Gasteiger partial charge in [0, 0.05) is 13.1 Å². The Morgan fingerprint density at radius 2 is 2.54 bits per heavy atom. The average Bonchev–Trinajstić information content (AvgIpc) is 2.34. The molecule has 1 aliphatic heterocycles. The Labute approximate surface area is 79.9 Å². The van der Waals surface area contributed by atoms with E-state index in [1.54, 1.807) is 10.9 Å². The van der Waals surface area contributed by atoms with Crippen molar-refractivity contribution in [3.63, 3.8) is 0 Å². The van der Waals surface area contributed by atoms with Gasteiger partial charge in [-0.05, 0) is 11.8 Å². The summed E-state index contributed by atoms with van der Waals surface area (Å²) in [6, 6.07) is 0.355. The first-order chi connectivity index (χ1) is 6.33. The Kier molecular flexibility index (Phi) is 2.12. The zero-order chi connectivity index (χ0) is 9.26. The number of aromatic nitrogens is 2. The number of anilines is 1. The Morgan fingerprint density at radius 1 is 1.77 bits per heavy atom. The highest BCUT2D eigenvalue weighted by molar-refractivity contribution is 8.03. The van der Waals surface area contributed by atoms with Gasteiger partial charge in [0.25, 0.3) is 0 Å². The van der Waals surface area contributed by atoms with Crippen LogP contribution in [-0.2, 0) is 0 Å². The molecule has 0 aromatic carbocycles. The summed E-state index contributed by atoms with van der Waals surface area (Å²) >= 11 is 1.05. The molecule has 0 saturated carbocycles. The largest absolute Gasteiger partial charge is 0.383 e. The van der Waals surface area contributed by atoms with Gasteiger partial charge in [-0.1, -0.05) is 0 Å². The second-order valence-electron chi connectivity index (χ2n) is 2.84. The Morgan fingerprint density at radius 3 is 3.08 bits per heavy atom. The molecule has 68 valence electrons. The van der Waals surface area contributed by atoms with Crippen molar-refractivity contribution in [1.82, 2.24) is 15.1 Å². The van der Waals surface area contributed by atoms with E-state index < -0.39 is 0 Å². The molecule has 2 heterocycles. The van der Waals surface area contributed by atoms with Crippen LogP contribution in [0.25, 0.3) is 0 Å². The van der Waals surface area contributed by atoms with E-state index in [2.05, 4.69) is 10.4 Å². The van der Waals surface area contributed by atoms with Crippen molar-refractivity contribution in [2.45, 2.75) is 10.9 Å². The fourth-order valence-corrected chi connectivity index (χ4v) is 1.62. The number of hydrogen-bond donors (Lipinski definition) is 2. The monoisotopic (exact) mass is 195 g/mol. The highest BCUT2D eigenvalue weighted by Gasteiger charge is 2.22. The number of nitrogens with zero attached hydrogens (tertiary/aromatic N) is 3. The number of nitrogen functional groups attached to an aromatic ring is 1. The molecular weight excluding hydrogens is 186 g/mol. The number of hydrogen-bond acceptors (Lipinski definition) is 5. The number of thioether (sulfide) groups is 1. The lowest BCUT2D eigenvalue weighted by atomic mass is 10.2. The zero-order valence-electron chi connectivity index (χ0n) is 6.90. The van der Waals surface area contributed by atoms with Gasteiger partial charge in [-0.3, -0.25) is 0 Å². The number of thiocyanates is 1. The van der Waals surface area contributed by atoms with Gasteiger partial charge in [0.15, 0.2) is 0 Å². The highest BCUT2D eigenvalue weighted by atomic mass is 32.2. The molecule has 0 aliphatic carbocycles. The lowest BCUT2D eigenvalue weighted by Crippen LogP contribution is -2.44. The van der Waals surface area contributed by atoms with Crippen LogP contribution in [0.5, 0.6) is 0 Å². The van der Waals surface area contributed by atoms with Crippen LogP contribution in [0.4, 0.5) is 5.82 Å². The van der Waals surface area contributed by atoms with Crippen molar-refractivity contribution in [3.05, 3.63) is 6.20 Å².